The Morgan fingerprint density at radius 2 is 1.92 bits per heavy atom. The largest absolute Gasteiger partial charge is 0.489 e. The van der Waals surface area contributed by atoms with Gasteiger partial charge < -0.3 is 14.8 Å². The van der Waals surface area contributed by atoms with Crippen LogP contribution >= 0.6 is 15.9 Å². The van der Waals surface area contributed by atoms with E-state index >= 15 is 0 Å². The first-order chi connectivity index (χ1) is 11.5. The molecule has 4 nitrogen and oxygen atoms in total. The van der Waals surface area contributed by atoms with Crippen LogP contribution in [0.5, 0.6) is 11.5 Å². The van der Waals surface area contributed by atoms with Gasteiger partial charge in [0.05, 0.1) is 0 Å². The zero-order valence-corrected chi connectivity index (χ0v) is 15.4. The molecule has 0 fully saturated rings. The number of carbonyl (C=O) groups excluding carboxylic acids is 1. The monoisotopic (exact) mass is 389 g/mol. The molecule has 0 saturated heterocycles. The van der Waals surface area contributed by atoms with Crippen molar-refractivity contribution in [3.63, 3.8) is 0 Å². The van der Waals surface area contributed by atoms with E-state index in [1.165, 1.54) is 0 Å². The molecule has 0 bridgehead atoms. The molecule has 0 spiro atoms. The van der Waals surface area contributed by atoms with Crippen LogP contribution in [0.4, 0.5) is 5.69 Å². The Morgan fingerprint density at radius 3 is 2.58 bits per heavy atom. The third-order valence-corrected chi connectivity index (χ3v) is 3.72. The molecule has 0 aliphatic heterocycles. The van der Waals surface area contributed by atoms with Crippen LogP contribution in [-0.4, -0.2) is 19.1 Å². The lowest BCUT2D eigenvalue weighted by Crippen LogP contribution is -2.20. The normalized spacial score (nSPS) is 10.1. The number of aryl methyl sites for hydroxylation is 2. The van der Waals surface area contributed by atoms with E-state index in [-0.39, 0.29) is 12.5 Å². The maximum atomic E-state index is 12.1. The van der Waals surface area contributed by atoms with E-state index in [2.05, 4.69) is 27.8 Å². The molecule has 2 aromatic rings. The van der Waals surface area contributed by atoms with Crippen molar-refractivity contribution in [3.05, 3.63) is 64.7 Å². The summed E-state index contributed by atoms with van der Waals surface area (Å²) >= 11 is 3.44. The van der Waals surface area contributed by atoms with E-state index in [9.17, 15) is 4.79 Å². The SMILES string of the molecule is C=CCOc1cccc(NC(=O)COc2c(C)cc(Br)cc2C)c1. The van der Waals surface area contributed by atoms with Gasteiger partial charge in [-0.25, -0.2) is 0 Å². The van der Waals surface area contributed by atoms with Gasteiger partial charge in [-0.1, -0.05) is 34.7 Å². The number of nitrogens with one attached hydrogen (secondary N) is 1. The summed E-state index contributed by atoms with van der Waals surface area (Å²) in [5.74, 6) is 1.18. The molecule has 0 saturated carbocycles. The van der Waals surface area contributed by atoms with Crippen LogP contribution in [0.3, 0.4) is 0 Å². The lowest BCUT2D eigenvalue weighted by Gasteiger charge is -2.13. The van der Waals surface area contributed by atoms with Crippen molar-refractivity contribution in [1.82, 2.24) is 0 Å². The van der Waals surface area contributed by atoms with Gasteiger partial charge >= 0.3 is 0 Å². The lowest BCUT2D eigenvalue weighted by atomic mass is 10.1. The van der Waals surface area contributed by atoms with Crippen molar-refractivity contribution in [3.8, 4) is 11.5 Å². The van der Waals surface area contributed by atoms with Gasteiger partial charge in [-0.05, 0) is 49.2 Å². The summed E-state index contributed by atoms with van der Waals surface area (Å²) in [5, 5.41) is 2.80. The van der Waals surface area contributed by atoms with Gasteiger partial charge in [0.15, 0.2) is 6.61 Å². The fourth-order valence-electron chi connectivity index (χ4n) is 2.28. The Morgan fingerprint density at radius 1 is 1.21 bits per heavy atom. The molecule has 0 radical (unpaired) electrons. The molecule has 2 aromatic carbocycles. The van der Waals surface area contributed by atoms with Crippen molar-refractivity contribution >= 4 is 27.5 Å². The average Bonchev–Trinajstić information content (AvgIpc) is 2.52. The number of ether oxygens (including phenoxy) is 2. The second-order valence-electron chi connectivity index (χ2n) is 5.33. The number of carbonyl (C=O) groups is 1. The lowest BCUT2D eigenvalue weighted by molar-refractivity contribution is -0.118. The molecule has 0 unspecified atom stereocenters. The number of hydrogen-bond acceptors (Lipinski definition) is 3. The van der Waals surface area contributed by atoms with Crippen LogP contribution in [0, 0.1) is 13.8 Å². The van der Waals surface area contributed by atoms with Crippen LogP contribution in [0.25, 0.3) is 0 Å². The smallest absolute Gasteiger partial charge is 0.262 e. The second kappa shape index (κ2) is 8.55. The first-order valence-electron chi connectivity index (χ1n) is 7.52. The zero-order chi connectivity index (χ0) is 17.5. The van der Waals surface area contributed by atoms with Crippen LogP contribution in [-0.2, 0) is 4.79 Å². The minimum absolute atomic E-state index is 0.0545. The van der Waals surface area contributed by atoms with Crippen LogP contribution < -0.4 is 14.8 Å². The third-order valence-electron chi connectivity index (χ3n) is 3.26. The molecule has 126 valence electrons. The van der Waals surface area contributed by atoms with Crippen LogP contribution in [0.2, 0.25) is 0 Å². The summed E-state index contributed by atoms with van der Waals surface area (Å²) < 4.78 is 12.1. The number of amides is 1. The van der Waals surface area contributed by atoms with Crippen molar-refractivity contribution in [1.29, 1.82) is 0 Å². The Kier molecular flexibility index (Phi) is 6.44. The molecule has 0 aliphatic carbocycles. The molecule has 0 heterocycles. The second-order valence-corrected chi connectivity index (χ2v) is 6.25. The van der Waals surface area contributed by atoms with E-state index in [4.69, 9.17) is 9.47 Å². The van der Waals surface area contributed by atoms with Gasteiger partial charge in [0, 0.05) is 16.2 Å². The van der Waals surface area contributed by atoms with Crippen LogP contribution in [0.1, 0.15) is 11.1 Å². The quantitative estimate of drug-likeness (QED) is 0.701. The highest BCUT2D eigenvalue weighted by Crippen LogP contribution is 2.27. The van der Waals surface area contributed by atoms with E-state index in [0.717, 1.165) is 21.3 Å². The van der Waals surface area contributed by atoms with Gasteiger partial charge in [0.1, 0.15) is 18.1 Å². The fraction of sp³-hybridized carbons (Fsp3) is 0.211. The van der Waals surface area contributed by atoms with E-state index in [0.29, 0.717) is 18.0 Å². The number of hydrogen-bond donors (Lipinski definition) is 1. The maximum absolute atomic E-state index is 12.1. The number of rotatable bonds is 7. The summed E-state index contributed by atoms with van der Waals surface area (Å²) in [4.78, 5) is 12.1. The summed E-state index contributed by atoms with van der Waals surface area (Å²) in [6.07, 6.45) is 1.67. The third kappa shape index (κ3) is 5.13. The molecule has 24 heavy (non-hydrogen) atoms. The van der Waals surface area contributed by atoms with Crippen molar-refractivity contribution < 1.29 is 14.3 Å². The van der Waals surface area contributed by atoms with Gasteiger partial charge in [-0.2, -0.15) is 0 Å². The van der Waals surface area contributed by atoms with Gasteiger partial charge in [-0.15, -0.1) is 0 Å². The number of anilines is 1. The predicted molar refractivity (Wildman–Crippen MR) is 99.9 cm³/mol. The van der Waals surface area contributed by atoms with Crippen molar-refractivity contribution in [2.45, 2.75) is 13.8 Å². The molecule has 1 N–H and O–H groups in total. The van der Waals surface area contributed by atoms with E-state index < -0.39 is 0 Å². The Hall–Kier alpha value is -2.27. The highest BCUT2D eigenvalue weighted by atomic mass is 79.9. The molecule has 0 atom stereocenters. The van der Waals surface area contributed by atoms with E-state index in [1.807, 2.05) is 38.1 Å². The summed E-state index contributed by atoms with van der Waals surface area (Å²) in [6, 6.07) is 11.1. The molecule has 0 aliphatic rings. The average molecular weight is 390 g/mol. The Labute approximate surface area is 150 Å². The standard InChI is InChI=1S/C19H20BrNO3/c1-4-8-23-17-7-5-6-16(11-17)21-18(22)12-24-19-13(2)9-15(20)10-14(19)3/h4-7,9-11H,1,8,12H2,2-3H3,(H,21,22). The van der Waals surface area contributed by atoms with E-state index in [1.54, 1.807) is 18.2 Å². The van der Waals surface area contributed by atoms with Crippen LogP contribution in [0.15, 0.2) is 53.5 Å². The summed E-state index contributed by atoms with van der Waals surface area (Å²) in [5.41, 5.74) is 2.62. The minimum atomic E-state index is -0.224. The highest BCUT2D eigenvalue weighted by Gasteiger charge is 2.09. The zero-order valence-electron chi connectivity index (χ0n) is 13.8. The summed E-state index contributed by atoms with van der Waals surface area (Å²) in [6.45, 7) is 7.87. The van der Waals surface area contributed by atoms with Crippen molar-refractivity contribution in [2.75, 3.05) is 18.5 Å². The topological polar surface area (TPSA) is 47.6 Å². The number of halogens is 1. The fourth-order valence-corrected chi connectivity index (χ4v) is 2.97. The first-order valence-corrected chi connectivity index (χ1v) is 8.32. The minimum Gasteiger partial charge on any atom is -0.489 e. The predicted octanol–water partition coefficient (Wildman–Crippen LogP) is 4.65. The Balaban J connectivity index is 1.95. The van der Waals surface area contributed by atoms with Gasteiger partial charge in [-0.3, -0.25) is 4.79 Å². The van der Waals surface area contributed by atoms with Gasteiger partial charge in [0.25, 0.3) is 5.91 Å². The molecular weight excluding hydrogens is 370 g/mol. The molecule has 1 amide bonds. The summed E-state index contributed by atoms with van der Waals surface area (Å²) in [7, 11) is 0. The van der Waals surface area contributed by atoms with Crippen molar-refractivity contribution in [2.24, 2.45) is 0 Å². The number of benzene rings is 2. The molecule has 0 aromatic heterocycles. The Bertz CT molecular complexity index is 720. The molecular formula is C19H20BrNO3. The van der Waals surface area contributed by atoms with Gasteiger partial charge in [0.2, 0.25) is 0 Å². The molecule has 2 rings (SSSR count). The highest BCUT2D eigenvalue weighted by molar-refractivity contribution is 9.10. The molecule has 5 heteroatoms. The maximum Gasteiger partial charge on any atom is 0.262 e. The first kappa shape index (κ1) is 18.1.